The zero-order chi connectivity index (χ0) is 20.6. The van der Waals surface area contributed by atoms with Gasteiger partial charge < -0.3 is 0 Å². The molecule has 3 rings (SSSR count). The topological polar surface area (TPSA) is 0 Å². The van der Waals surface area contributed by atoms with Crippen molar-refractivity contribution in [1.82, 2.24) is 0 Å². The van der Waals surface area contributed by atoms with Crippen molar-refractivity contribution < 1.29 is 20.8 Å². The van der Waals surface area contributed by atoms with Crippen LogP contribution in [0.1, 0.15) is 54.2 Å². The Labute approximate surface area is 184 Å². The number of rotatable bonds is 3. The molecule has 0 aliphatic heterocycles. The minimum atomic E-state index is -0.826. The van der Waals surface area contributed by atoms with Crippen molar-refractivity contribution in [3.8, 4) is 0 Å². The SMILES string of the molecule is CC(C)Cc1cc2ccccc2[cH-]1.CC[c-]1c(C)c(C)c(C)c1C.[Cl][Zr+2][Cl]. The molecule has 0 saturated carbocycles. The summed E-state index contributed by atoms with van der Waals surface area (Å²) in [6, 6.07) is 13.2. The molecule has 3 heteroatoms. The van der Waals surface area contributed by atoms with Crippen LogP contribution in [0.15, 0.2) is 36.4 Å². The first kappa shape index (κ1) is 24.7. The predicted molar refractivity (Wildman–Crippen MR) is 120 cm³/mol. The molecule has 0 aliphatic carbocycles. The van der Waals surface area contributed by atoms with Crippen LogP contribution in [0, 0.1) is 33.6 Å². The zero-order valence-corrected chi connectivity index (χ0v) is 21.7. The Morgan fingerprint density at radius 3 is 1.93 bits per heavy atom. The number of benzene rings is 1. The van der Waals surface area contributed by atoms with Gasteiger partial charge >= 0.3 is 37.9 Å². The van der Waals surface area contributed by atoms with E-state index < -0.39 is 20.8 Å². The van der Waals surface area contributed by atoms with Crippen LogP contribution in [0.5, 0.6) is 0 Å². The van der Waals surface area contributed by atoms with E-state index in [4.69, 9.17) is 17.0 Å². The molecule has 3 aromatic carbocycles. The van der Waals surface area contributed by atoms with E-state index in [0.717, 1.165) is 5.92 Å². The molecule has 3 aromatic rings. The van der Waals surface area contributed by atoms with E-state index >= 15 is 0 Å². The quantitative estimate of drug-likeness (QED) is 0.329. The fourth-order valence-corrected chi connectivity index (χ4v) is 3.63. The van der Waals surface area contributed by atoms with Gasteiger partial charge in [0.15, 0.2) is 0 Å². The van der Waals surface area contributed by atoms with Gasteiger partial charge in [-0.3, -0.25) is 0 Å². The first-order valence-corrected chi connectivity index (χ1v) is 15.9. The molecular weight excluding hydrogens is 450 g/mol. The van der Waals surface area contributed by atoms with Crippen LogP contribution in [-0.4, -0.2) is 0 Å². The minimum absolute atomic E-state index is 0.747. The molecule has 0 fully saturated rings. The van der Waals surface area contributed by atoms with Crippen LogP contribution in [0.3, 0.4) is 0 Å². The van der Waals surface area contributed by atoms with Crippen LogP contribution in [-0.2, 0) is 33.7 Å². The van der Waals surface area contributed by atoms with Gasteiger partial charge in [-0.15, -0.1) is 40.6 Å². The number of hydrogen-bond donors (Lipinski definition) is 0. The van der Waals surface area contributed by atoms with Crippen molar-refractivity contribution in [1.29, 1.82) is 0 Å². The summed E-state index contributed by atoms with van der Waals surface area (Å²) in [5.41, 5.74) is 9.00. The van der Waals surface area contributed by atoms with E-state index in [0.29, 0.717) is 0 Å². The van der Waals surface area contributed by atoms with Gasteiger partial charge in [0.25, 0.3) is 0 Å². The monoisotopic (exact) mass is 480 g/mol. The molecule has 0 bridgehead atoms. The molecule has 0 heterocycles. The third-order valence-corrected chi connectivity index (χ3v) is 5.27. The van der Waals surface area contributed by atoms with Gasteiger partial charge in [0, 0.05) is 0 Å². The molecule has 0 saturated heterocycles. The van der Waals surface area contributed by atoms with E-state index in [-0.39, 0.29) is 0 Å². The molecule has 0 radical (unpaired) electrons. The number of hydrogen-bond acceptors (Lipinski definition) is 0. The van der Waals surface area contributed by atoms with Gasteiger partial charge in [-0.05, 0) is 12.3 Å². The van der Waals surface area contributed by atoms with E-state index in [1.54, 1.807) is 5.56 Å². The Morgan fingerprint density at radius 1 is 1.00 bits per heavy atom. The van der Waals surface area contributed by atoms with Crippen molar-refractivity contribution in [2.45, 2.75) is 61.3 Å². The van der Waals surface area contributed by atoms with Gasteiger partial charge in [0.1, 0.15) is 0 Å². The third-order valence-electron chi connectivity index (χ3n) is 5.27. The van der Waals surface area contributed by atoms with Gasteiger partial charge in [0.05, 0.1) is 0 Å². The van der Waals surface area contributed by atoms with E-state index in [1.165, 1.54) is 51.4 Å². The first-order chi connectivity index (χ1) is 12.8. The molecule has 0 amide bonds. The van der Waals surface area contributed by atoms with Gasteiger partial charge in [-0.1, -0.05) is 61.0 Å². The summed E-state index contributed by atoms with van der Waals surface area (Å²) in [7, 11) is 9.87. The second kappa shape index (κ2) is 12.3. The molecule has 27 heavy (non-hydrogen) atoms. The number of halogens is 2. The summed E-state index contributed by atoms with van der Waals surface area (Å²) in [6.07, 6.45) is 2.36. The molecule has 146 valence electrons. The van der Waals surface area contributed by atoms with Crippen molar-refractivity contribution in [3.05, 3.63) is 69.8 Å². The average Bonchev–Trinajstić information content (AvgIpc) is 3.10. The summed E-state index contributed by atoms with van der Waals surface area (Å²) in [5.74, 6) is 0.747. The Balaban J connectivity index is 0.000000239. The van der Waals surface area contributed by atoms with Crippen LogP contribution in [0.2, 0.25) is 0 Å². The summed E-state index contributed by atoms with van der Waals surface area (Å²) in [6.45, 7) is 15.7. The fraction of sp³-hybridized carbons (Fsp3) is 0.417. The summed E-state index contributed by atoms with van der Waals surface area (Å²) >= 11 is -0.826. The standard InChI is InChI=1S/C13H15.C11H17.2ClH.Zr/c1-10(2)7-11-8-12-5-3-4-6-13(12)9-11;1-6-11-9(4)7(2)8(3)10(11)5;;;/h3-6,8-10H,7H2,1-2H3;6H2,1-5H3;2*1H;/q2*-1;;;+4/p-2. The third kappa shape index (κ3) is 7.19. The van der Waals surface area contributed by atoms with Crippen LogP contribution in [0.4, 0.5) is 0 Å². The normalized spacial score (nSPS) is 10.1. The van der Waals surface area contributed by atoms with Crippen molar-refractivity contribution in [2.75, 3.05) is 0 Å². The Morgan fingerprint density at radius 2 is 1.52 bits per heavy atom. The Bertz CT molecular complexity index is 766. The average molecular weight is 483 g/mol. The second-order valence-corrected chi connectivity index (χ2v) is 11.2. The maximum atomic E-state index is 4.93. The van der Waals surface area contributed by atoms with Crippen LogP contribution < -0.4 is 0 Å². The molecule has 0 spiro atoms. The predicted octanol–water partition coefficient (Wildman–Crippen LogP) is 8.34. The van der Waals surface area contributed by atoms with E-state index in [2.05, 4.69) is 84.9 Å². The van der Waals surface area contributed by atoms with Crippen LogP contribution in [0.25, 0.3) is 10.8 Å². The summed E-state index contributed by atoms with van der Waals surface area (Å²) in [4.78, 5) is 0. The molecule has 0 aliphatic rings. The van der Waals surface area contributed by atoms with E-state index in [9.17, 15) is 0 Å². The van der Waals surface area contributed by atoms with Crippen LogP contribution >= 0.6 is 17.0 Å². The van der Waals surface area contributed by atoms with Crippen molar-refractivity contribution in [2.24, 2.45) is 5.92 Å². The van der Waals surface area contributed by atoms with Gasteiger partial charge in [-0.2, -0.15) is 33.9 Å². The first-order valence-electron chi connectivity index (χ1n) is 9.59. The fourth-order valence-electron chi connectivity index (χ4n) is 3.63. The Hall–Kier alpha value is -0.357. The second-order valence-electron chi connectivity index (χ2n) is 7.49. The van der Waals surface area contributed by atoms with Gasteiger partial charge in [-0.25, -0.2) is 0 Å². The molecule has 0 aromatic heterocycles. The molecule has 0 atom stereocenters. The summed E-state index contributed by atoms with van der Waals surface area (Å²) in [5, 5.41) is 2.75. The molecule has 0 unspecified atom stereocenters. The zero-order valence-electron chi connectivity index (χ0n) is 17.7. The maximum absolute atomic E-state index is 4.93. The van der Waals surface area contributed by atoms with Gasteiger partial charge in [0.2, 0.25) is 0 Å². The molecule has 0 N–H and O–H groups in total. The van der Waals surface area contributed by atoms with Crippen molar-refractivity contribution >= 4 is 27.8 Å². The molecular formula is C24H32Cl2Zr. The molecule has 0 nitrogen and oxygen atoms in total. The Kier molecular flexibility index (Phi) is 11.2. The van der Waals surface area contributed by atoms with E-state index in [1.807, 2.05) is 0 Å². The van der Waals surface area contributed by atoms with Crippen molar-refractivity contribution in [3.63, 3.8) is 0 Å². The summed E-state index contributed by atoms with van der Waals surface area (Å²) < 4.78 is 0. The number of fused-ring (bicyclic) bond motifs is 1.